The molecule has 0 saturated heterocycles. The Morgan fingerprint density at radius 1 is 1.38 bits per heavy atom. The van der Waals surface area contributed by atoms with Crippen molar-refractivity contribution in [3.05, 3.63) is 29.8 Å². The summed E-state index contributed by atoms with van der Waals surface area (Å²) in [7, 11) is 1.31. The van der Waals surface area contributed by atoms with E-state index in [1.165, 1.54) is 7.11 Å². The molecule has 1 N–H and O–H groups in total. The molecule has 0 aliphatic heterocycles. The molecule has 0 spiro atoms. The summed E-state index contributed by atoms with van der Waals surface area (Å²) in [5, 5.41) is 11.5. The van der Waals surface area contributed by atoms with Gasteiger partial charge in [-0.3, -0.25) is 14.5 Å². The third kappa shape index (κ3) is 5.63. The van der Waals surface area contributed by atoms with E-state index in [-0.39, 0.29) is 31.0 Å². The number of benzene rings is 1. The van der Waals surface area contributed by atoms with Crippen LogP contribution in [0.25, 0.3) is 0 Å². The topological polar surface area (TPSA) is 82.4 Å². The molecule has 0 aliphatic carbocycles. The van der Waals surface area contributed by atoms with Crippen molar-refractivity contribution in [2.45, 2.75) is 19.9 Å². The molecular formula is C15H19N3O3. The highest BCUT2D eigenvalue weighted by Crippen LogP contribution is 2.10. The Hall–Kier alpha value is -2.39. The van der Waals surface area contributed by atoms with Gasteiger partial charge in [0.05, 0.1) is 31.8 Å². The van der Waals surface area contributed by atoms with E-state index < -0.39 is 0 Å². The lowest BCUT2D eigenvalue weighted by atomic mass is 10.2. The Bertz CT molecular complexity index is 549. The Balaban J connectivity index is 2.65. The van der Waals surface area contributed by atoms with Crippen molar-refractivity contribution >= 4 is 17.6 Å². The highest BCUT2D eigenvalue weighted by atomic mass is 16.5. The summed E-state index contributed by atoms with van der Waals surface area (Å²) < 4.78 is 4.61. The fourth-order valence-corrected chi connectivity index (χ4v) is 1.70. The molecule has 0 aliphatic rings. The molecule has 6 nitrogen and oxygen atoms in total. The minimum Gasteiger partial charge on any atom is -0.468 e. The molecule has 1 amide bonds. The molecule has 0 radical (unpaired) electrons. The van der Waals surface area contributed by atoms with Crippen LogP contribution in [0.1, 0.15) is 19.4 Å². The van der Waals surface area contributed by atoms with Crippen LogP contribution in [0.2, 0.25) is 0 Å². The Labute approximate surface area is 124 Å². The summed E-state index contributed by atoms with van der Waals surface area (Å²) in [4.78, 5) is 25.0. The SMILES string of the molecule is COC(=O)CN(CC(=O)Nc1cccc(C#N)c1)C(C)C. The van der Waals surface area contributed by atoms with E-state index in [0.717, 1.165) is 0 Å². The Morgan fingerprint density at radius 3 is 2.67 bits per heavy atom. The summed E-state index contributed by atoms with van der Waals surface area (Å²) in [6, 6.07) is 8.70. The fourth-order valence-electron chi connectivity index (χ4n) is 1.70. The lowest BCUT2D eigenvalue weighted by Gasteiger charge is -2.24. The smallest absolute Gasteiger partial charge is 0.319 e. The number of hydrogen-bond donors (Lipinski definition) is 1. The van der Waals surface area contributed by atoms with Crippen molar-refractivity contribution < 1.29 is 14.3 Å². The van der Waals surface area contributed by atoms with Gasteiger partial charge in [-0.2, -0.15) is 5.26 Å². The molecular weight excluding hydrogens is 270 g/mol. The summed E-state index contributed by atoms with van der Waals surface area (Å²) in [6.07, 6.45) is 0. The van der Waals surface area contributed by atoms with Gasteiger partial charge in [-0.1, -0.05) is 6.07 Å². The van der Waals surface area contributed by atoms with Gasteiger partial charge in [-0.25, -0.2) is 0 Å². The number of anilines is 1. The van der Waals surface area contributed by atoms with Crippen LogP contribution in [0.3, 0.4) is 0 Å². The largest absolute Gasteiger partial charge is 0.468 e. The van der Waals surface area contributed by atoms with E-state index in [9.17, 15) is 9.59 Å². The van der Waals surface area contributed by atoms with Crippen LogP contribution in [-0.4, -0.2) is 43.0 Å². The quantitative estimate of drug-likeness (QED) is 0.800. The lowest BCUT2D eigenvalue weighted by molar-refractivity contribution is -0.142. The van der Waals surface area contributed by atoms with Crippen LogP contribution in [0.4, 0.5) is 5.69 Å². The molecule has 0 aromatic heterocycles. The minimum absolute atomic E-state index is 0.0280. The van der Waals surface area contributed by atoms with E-state index >= 15 is 0 Å². The third-order valence-electron chi connectivity index (χ3n) is 2.91. The predicted molar refractivity (Wildman–Crippen MR) is 78.5 cm³/mol. The molecule has 1 aromatic rings. The van der Waals surface area contributed by atoms with E-state index in [1.807, 2.05) is 19.9 Å². The molecule has 0 atom stereocenters. The second-order valence-corrected chi connectivity index (χ2v) is 4.82. The number of carbonyl (C=O) groups excluding carboxylic acids is 2. The highest BCUT2D eigenvalue weighted by Gasteiger charge is 2.17. The number of methoxy groups -OCH3 is 1. The predicted octanol–water partition coefficient (Wildman–Crippen LogP) is 1.38. The van der Waals surface area contributed by atoms with E-state index in [1.54, 1.807) is 29.2 Å². The molecule has 21 heavy (non-hydrogen) atoms. The van der Waals surface area contributed by atoms with Crippen LogP contribution in [0.15, 0.2) is 24.3 Å². The number of hydrogen-bond acceptors (Lipinski definition) is 5. The van der Waals surface area contributed by atoms with Gasteiger partial charge in [-0.05, 0) is 32.0 Å². The average Bonchev–Trinajstić information content (AvgIpc) is 2.46. The Morgan fingerprint density at radius 2 is 2.10 bits per heavy atom. The molecule has 6 heteroatoms. The van der Waals surface area contributed by atoms with Crippen LogP contribution in [0, 0.1) is 11.3 Å². The molecule has 1 aromatic carbocycles. The van der Waals surface area contributed by atoms with Crippen molar-refractivity contribution in [1.29, 1.82) is 5.26 Å². The summed E-state index contributed by atoms with van der Waals surface area (Å²) in [6.45, 7) is 3.92. The van der Waals surface area contributed by atoms with Crippen LogP contribution < -0.4 is 5.32 Å². The number of amides is 1. The van der Waals surface area contributed by atoms with Crippen molar-refractivity contribution in [3.8, 4) is 6.07 Å². The number of carbonyl (C=O) groups is 2. The van der Waals surface area contributed by atoms with Gasteiger partial charge in [0.1, 0.15) is 0 Å². The number of esters is 1. The monoisotopic (exact) mass is 289 g/mol. The molecule has 0 bridgehead atoms. The van der Waals surface area contributed by atoms with Gasteiger partial charge >= 0.3 is 5.97 Å². The fraction of sp³-hybridized carbons (Fsp3) is 0.400. The Kier molecular flexibility index (Phi) is 6.37. The van der Waals surface area contributed by atoms with E-state index in [2.05, 4.69) is 10.1 Å². The van der Waals surface area contributed by atoms with Gasteiger partial charge in [-0.15, -0.1) is 0 Å². The van der Waals surface area contributed by atoms with Gasteiger partial charge in [0.15, 0.2) is 0 Å². The average molecular weight is 289 g/mol. The van der Waals surface area contributed by atoms with Crippen molar-refractivity contribution in [1.82, 2.24) is 4.90 Å². The first-order valence-electron chi connectivity index (χ1n) is 6.57. The number of nitriles is 1. The minimum atomic E-state index is -0.386. The van der Waals surface area contributed by atoms with Gasteiger partial charge in [0, 0.05) is 11.7 Å². The normalized spacial score (nSPS) is 10.3. The van der Waals surface area contributed by atoms with Gasteiger partial charge < -0.3 is 10.1 Å². The number of ether oxygens (including phenoxy) is 1. The summed E-state index contributed by atoms with van der Waals surface area (Å²) in [5.41, 5.74) is 1.03. The van der Waals surface area contributed by atoms with Crippen LogP contribution >= 0.6 is 0 Å². The molecule has 0 saturated carbocycles. The molecule has 1 rings (SSSR count). The zero-order valence-electron chi connectivity index (χ0n) is 12.4. The summed E-state index contributed by atoms with van der Waals surface area (Å²) >= 11 is 0. The molecule has 112 valence electrons. The first-order chi connectivity index (χ1) is 9.96. The second kappa shape index (κ2) is 8.02. The summed E-state index contributed by atoms with van der Waals surface area (Å²) in [5.74, 6) is -0.634. The zero-order chi connectivity index (χ0) is 15.8. The third-order valence-corrected chi connectivity index (χ3v) is 2.91. The van der Waals surface area contributed by atoms with Crippen LogP contribution in [0.5, 0.6) is 0 Å². The standard InChI is InChI=1S/C15H19N3O3/c1-11(2)18(10-15(20)21-3)9-14(19)17-13-6-4-5-12(7-13)8-16/h4-7,11H,9-10H2,1-3H3,(H,17,19). The van der Waals surface area contributed by atoms with Crippen molar-refractivity contribution in [2.75, 3.05) is 25.5 Å². The second-order valence-electron chi connectivity index (χ2n) is 4.82. The van der Waals surface area contributed by atoms with Gasteiger partial charge in [0.25, 0.3) is 0 Å². The zero-order valence-corrected chi connectivity index (χ0v) is 12.4. The van der Waals surface area contributed by atoms with Crippen molar-refractivity contribution in [3.63, 3.8) is 0 Å². The maximum absolute atomic E-state index is 12.0. The molecule has 0 heterocycles. The van der Waals surface area contributed by atoms with E-state index in [0.29, 0.717) is 11.3 Å². The lowest BCUT2D eigenvalue weighted by Crippen LogP contribution is -2.41. The van der Waals surface area contributed by atoms with Crippen molar-refractivity contribution in [2.24, 2.45) is 0 Å². The highest BCUT2D eigenvalue weighted by molar-refractivity contribution is 5.92. The maximum atomic E-state index is 12.0. The van der Waals surface area contributed by atoms with E-state index in [4.69, 9.17) is 5.26 Å². The molecule has 0 fully saturated rings. The number of nitrogens with zero attached hydrogens (tertiary/aromatic N) is 2. The number of nitrogens with one attached hydrogen (secondary N) is 1. The van der Waals surface area contributed by atoms with Gasteiger partial charge in [0.2, 0.25) is 5.91 Å². The van der Waals surface area contributed by atoms with Crippen LogP contribution in [-0.2, 0) is 14.3 Å². The first kappa shape index (κ1) is 16.7. The maximum Gasteiger partial charge on any atom is 0.319 e. The first-order valence-corrected chi connectivity index (χ1v) is 6.57. The molecule has 0 unspecified atom stereocenters. The number of rotatable bonds is 6.